The number of alkyl halides is 3. The highest BCUT2D eigenvalue weighted by Gasteiger charge is 2.36. The Morgan fingerprint density at radius 1 is 1.07 bits per heavy atom. The Morgan fingerprint density at radius 2 is 1.68 bits per heavy atom. The van der Waals surface area contributed by atoms with Gasteiger partial charge in [-0.25, -0.2) is 17.4 Å². The predicted molar refractivity (Wildman–Crippen MR) is 92.8 cm³/mol. The maximum absolute atomic E-state index is 13.4. The molecule has 0 atom stereocenters. The number of hydrogen-bond acceptors (Lipinski definition) is 4. The molecule has 2 aromatic carbocycles. The summed E-state index contributed by atoms with van der Waals surface area (Å²) in [6.07, 6.45) is 2.01. The first kappa shape index (κ1) is 21.6. The smallest absolute Gasteiger partial charge is 0.485 e. The molecule has 0 saturated heterocycles. The fraction of sp³-hybridized carbons (Fsp3) is 0.167. The highest BCUT2D eigenvalue weighted by molar-refractivity contribution is 7.86. The van der Waals surface area contributed by atoms with E-state index in [1.54, 1.807) is 19.2 Å². The molecule has 0 fully saturated rings. The standard InChI is InChI=1S/C17H15FNO.CHF3O3S/c1-19-11-15-12(5-4-8-17(15)20-2)10-16(19)13-6-3-7-14(18)9-13;2-1(3,4)8(5,6)7/h3-11H,1-2H3;(H,5,6,7)/q+1;/p-1. The molecule has 0 radical (unpaired) electrons. The molecule has 5 nitrogen and oxygen atoms in total. The van der Waals surface area contributed by atoms with Gasteiger partial charge in [-0.1, -0.05) is 18.2 Å². The van der Waals surface area contributed by atoms with E-state index in [4.69, 9.17) is 17.7 Å². The Hall–Kier alpha value is -2.72. The van der Waals surface area contributed by atoms with Gasteiger partial charge in [0, 0.05) is 11.6 Å². The highest BCUT2D eigenvalue weighted by Crippen LogP contribution is 2.27. The summed E-state index contributed by atoms with van der Waals surface area (Å²) in [6, 6.07) is 14.6. The second-order valence-corrected chi connectivity index (χ2v) is 7.01. The van der Waals surface area contributed by atoms with Gasteiger partial charge in [-0.15, -0.1) is 0 Å². The molecule has 3 rings (SSSR count). The Labute approximate surface area is 158 Å². The molecule has 0 unspecified atom stereocenters. The lowest BCUT2D eigenvalue weighted by Crippen LogP contribution is -2.30. The van der Waals surface area contributed by atoms with Crippen molar-refractivity contribution in [1.29, 1.82) is 0 Å². The zero-order chi connectivity index (χ0) is 21.1. The van der Waals surface area contributed by atoms with Crippen LogP contribution >= 0.6 is 0 Å². The normalized spacial score (nSPS) is 11.7. The van der Waals surface area contributed by atoms with Crippen molar-refractivity contribution in [3.05, 3.63) is 60.5 Å². The van der Waals surface area contributed by atoms with E-state index >= 15 is 0 Å². The van der Waals surface area contributed by atoms with Crippen LogP contribution in [0.15, 0.2) is 54.7 Å². The van der Waals surface area contributed by atoms with Crippen molar-refractivity contribution in [3.63, 3.8) is 0 Å². The molecule has 0 bridgehead atoms. The fourth-order valence-electron chi connectivity index (χ4n) is 2.45. The molecule has 0 amide bonds. The van der Waals surface area contributed by atoms with E-state index in [1.165, 1.54) is 6.07 Å². The van der Waals surface area contributed by atoms with Crippen molar-refractivity contribution in [2.45, 2.75) is 5.51 Å². The van der Waals surface area contributed by atoms with Crippen molar-refractivity contribution in [2.24, 2.45) is 7.05 Å². The minimum atomic E-state index is -6.09. The van der Waals surface area contributed by atoms with Crippen molar-refractivity contribution < 1.29 is 39.8 Å². The molecule has 0 aliphatic rings. The van der Waals surface area contributed by atoms with Gasteiger partial charge in [0.05, 0.1) is 12.5 Å². The molecule has 0 aliphatic heterocycles. The van der Waals surface area contributed by atoms with Crippen LogP contribution in [0, 0.1) is 5.82 Å². The molecular weight excluding hydrogens is 402 g/mol. The number of aryl methyl sites for hydroxylation is 1. The zero-order valence-corrected chi connectivity index (χ0v) is 15.5. The number of benzene rings is 2. The van der Waals surface area contributed by atoms with Gasteiger partial charge in [0.2, 0.25) is 5.69 Å². The number of methoxy groups -OCH3 is 1. The Morgan fingerprint density at radius 3 is 2.21 bits per heavy atom. The third kappa shape index (κ3) is 4.96. The van der Waals surface area contributed by atoms with Crippen molar-refractivity contribution in [3.8, 4) is 17.0 Å². The van der Waals surface area contributed by atoms with E-state index in [0.29, 0.717) is 0 Å². The number of nitrogens with zero attached hydrogens (tertiary/aromatic N) is 1. The number of ether oxygens (including phenoxy) is 1. The van der Waals surface area contributed by atoms with Gasteiger partial charge >= 0.3 is 5.51 Å². The van der Waals surface area contributed by atoms with E-state index in [9.17, 15) is 17.6 Å². The first-order valence-electron chi connectivity index (χ1n) is 7.68. The van der Waals surface area contributed by atoms with E-state index in [1.807, 2.05) is 48.1 Å². The summed E-state index contributed by atoms with van der Waals surface area (Å²) in [5, 5.41) is 2.11. The molecule has 28 heavy (non-hydrogen) atoms. The molecule has 3 aromatic rings. The van der Waals surface area contributed by atoms with E-state index in [-0.39, 0.29) is 5.82 Å². The minimum absolute atomic E-state index is 0.228. The number of pyridine rings is 1. The first-order chi connectivity index (χ1) is 12.9. The second-order valence-electron chi connectivity index (χ2n) is 5.64. The molecule has 0 saturated carbocycles. The van der Waals surface area contributed by atoms with Crippen LogP contribution in [0.3, 0.4) is 0 Å². The second kappa shape index (κ2) is 8.11. The van der Waals surface area contributed by atoms with E-state index < -0.39 is 15.6 Å². The van der Waals surface area contributed by atoms with Crippen LogP contribution < -0.4 is 9.30 Å². The molecular formula is C18H15F4NO4S. The lowest BCUT2D eigenvalue weighted by Gasteiger charge is -2.08. The van der Waals surface area contributed by atoms with Crippen LogP contribution in [0.4, 0.5) is 17.6 Å². The van der Waals surface area contributed by atoms with E-state index in [0.717, 1.165) is 27.8 Å². The lowest BCUT2D eigenvalue weighted by atomic mass is 10.1. The summed E-state index contributed by atoms with van der Waals surface area (Å²) in [6.45, 7) is 0. The summed E-state index contributed by atoms with van der Waals surface area (Å²) in [5.74, 6) is 0.608. The van der Waals surface area contributed by atoms with Crippen LogP contribution in [0.1, 0.15) is 0 Å². The van der Waals surface area contributed by atoms with Crippen LogP contribution in [-0.2, 0) is 17.2 Å². The van der Waals surface area contributed by atoms with Crippen LogP contribution in [-0.4, -0.2) is 25.6 Å². The summed E-state index contributed by atoms with van der Waals surface area (Å²) in [4.78, 5) is 0. The third-order valence-corrected chi connectivity index (χ3v) is 4.29. The van der Waals surface area contributed by atoms with E-state index in [2.05, 4.69) is 0 Å². The van der Waals surface area contributed by atoms with Crippen molar-refractivity contribution in [1.82, 2.24) is 0 Å². The number of aromatic nitrogens is 1. The van der Waals surface area contributed by atoms with Gasteiger partial charge in [-0.05, 0) is 29.7 Å². The van der Waals surface area contributed by atoms with Gasteiger partial charge < -0.3 is 9.29 Å². The van der Waals surface area contributed by atoms with Gasteiger partial charge in [-0.3, -0.25) is 0 Å². The Balaban J connectivity index is 0.000000300. The van der Waals surface area contributed by atoms with Crippen LogP contribution in [0.5, 0.6) is 5.75 Å². The van der Waals surface area contributed by atoms with Gasteiger partial charge in [0.25, 0.3) is 0 Å². The molecule has 1 aromatic heterocycles. The SMILES string of the molecule is COc1cccc2cc(-c3cccc(F)c3)[n+](C)cc12.O=S(=O)([O-])C(F)(F)F. The summed E-state index contributed by atoms with van der Waals surface area (Å²) in [5.41, 5.74) is -3.82. The molecule has 10 heteroatoms. The van der Waals surface area contributed by atoms with Crippen molar-refractivity contribution in [2.75, 3.05) is 7.11 Å². The summed E-state index contributed by atoms with van der Waals surface area (Å²) in [7, 11) is -2.48. The number of fused-ring (bicyclic) bond motifs is 1. The summed E-state index contributed by atoms with van der Waals surface area (Å²) < 4.78 is 79.7. The highest BCUT2D eigenvalue weighted by atomic mass is 32.2. The maximum Gasteiger partial charge on any atom is 0.485 e. The van der Waals surface area contributed by atoms with Gasteiger partial charge in [-0.2, -0.15) is 13.2 Å². The molecule has 0 aliphatic carbocycles. The van der Waals surface area contributed by atoms with Gasteiger partial charge in [0.1, 0.15) is 18.6 Å². The monoisotopic (exact) mass is 417 g/mol. The molecule has 0 spiro atoms. The number of hydrogen-bond donors (Lipinski definition) is 0. The number of rotatable bonds is 2. The van der Waals surface area contributed by atoms with Crippen molar-refractivity contribution >= 4 is 20.9 Å². The molecule has 150 valence electrons. The average Bonchev–Trinajstić information content (AvgIpc) is 2.59. The van der Waals surface area contributed by atoms with Crippen LogP contribution in [0.25, 0.3) is 22.0 Å². The van der Waals surface area contributed by atoms with Crippen LogP contribution in [0.2, 0.25) is 0 Å². The fourth-order valence-corrected chi connectivity index (χ4v) is 2.45. The van der Waals surface area contributed by atoms with Gasteiger partial charge in [0.15, 0.2) is 16.3 Å². The molecule has 1 heterocycles. The minimum Gasteiger partial charge on any atom is -0.741 e. The topological polar surface area (TPSA) is 70.3 Å². The number of halogens is 4. The zero-order valence-electron chi connectivity index (χ0n) is 14.7. The molecule has 0 N–H and O–H groups in total. The third-order valence-electron chi connectivity index (χ3n) is 3.72. The predicted octanol–water partition coefficient (Wildman–Crippen LogP) is 3.53. The maximum atomic E-state index is 13.4. The average molecular weight is 417 g/mol. The first-order valence-corrected chi connectivity index (χ1v) is 9.09. The largest absolute Gasteiger partial charge is 0.741 e. The Bertz CT molecular complexity index is 1100. The quantitative estimate of drug-likeness (QED) is 0.277. The Kier molecular flexibility index (Phi) is 6.25. The lowest BCUT2D eigenvalue weighted by molar-refractivity contribution is -0.659. The summed E-state index contributed by atoms with van der Waals surface area (Å²) >= 11 is 0.